The molecule has 0 spiro atoms. The zero-order valence-electron chi connectivity index (χ0n) is 15.1. The van der Waals surface area contributed by atoms with Gasteiger partial charge in [-0.05, 0) is 26.0 Å². The van der Waals surface area contributed by atoms with E-state index < -0.39 is 0 Å². The first kappa shape index (κ1) is 17.7. The lowest BCUT2D eigenvalue weighted by atomic mass is 10.1. The van der Waals surface area contributed by atoms with Crippen LogP contribution in [0, 0.1) is 6.92 Å². The lowest BCUT2D eigenvalue weighted by Gasteiger charge is -2.36. The van der Waals surface area contributed by atoms with Crippen molar-refractivity contribution in [1.29, 1.82) is 0 Å². The highest BCUT2D eigenvalue weighted by molar-refractivity contribution is 5.79. The third kappa shape index (κ3) is 3.61. The van der Waals surface area contributed by atoms with Gasteiger partial charge in [-0.15, -0.1) is 0 Å². The maximum atomic E-state index is 12.0. The molecule has 3 rings (SSSR count). The number of nitrogen functional groups attached to an aromatic ring is 2. The molecule has 1 aliphatic heterocycles. The van der Waals surface area contributed by atoms with Gasteiger partial charge in [0.05, 0.1) is 5.69 Å². The quantitative estimate of drug-likeness (QED) is 0.744. The summed E-state index contributed by atoms with van der Waals surface area (Å²) in [6.07, 6.45) is 1.71. The molecule has 2 aromatic rings. The van der Waals surface area contributed by atoms with E-state index in [-0.39, 0.29) is 12.0 Å². The molecule has 2 amide bonds. The molecule has 0 saturated carbocycles. The molecule has 26 heavy (non-hydrogen) atoms. The summed E-state index contributed by atoms with van der Waals surface area (Å²) in [7, 11) is 0. The van der Waals surface area contributed by atoms with Crippen molar-refractivity contribution in [3.63, 3.8) is 0 Å². The SMILES string of the molecule is CCNC(=O)N1CCN(c2nc(N)nc(C)c2-c2ccc(N)nc2)CC1. The lowest BCUT2D eigenvalue weighted by Crippen LogP contribution is -2.52. The summed E-state index contributed by atoms with van der Waals surface area (Å²) in [5.74, 6) is 1.45. The zero-order valence-corrected chi connectivity index (χ0v) is 15.1. The fourth-order valence-electron chi connectivity index (χ4n) is 3.08. The first-order valence-electron chi connectivity index (χ1n) is 8.63. The number of carbonyl (C=O) groups is 1. The molecule has 1 aliphatic rings. The van der Waals surface area contributed by atoms with E-state index in [0.717, 1.165) is 22.6 Å². The van der Waals surface area contributed by atoms with E-state index in [9.17, 15) is 4.79 Å². The van der Waals surface area contributed by atoms with Crippen LogP contribution in [0.1, 0.15) is 12.6 Å². The summed E-state index contributed by atoms with van der Waals surface area (Å²) in [5.41, 5.74) is 14.1. The van der Waals surface area contributed by atoms with Crippen LogP contribution >= 0.6 is 0 Å². The normalized spacial score (nSPS) is 14.4. The molecule has 138 valence electrons. The highest BCUT2D eigenvalue weighted by Crippen LogP contribution is 2.32. The number of aryl methyl sites for hydroxylation is 1. The van der Waals surface area contributed by atoms with Crippen LogP contribution in [0.15, 0.2) is 18.3 Å². The van der Waals surface area contributed by atoms with Gasteiger partial charge in [0.25, 0.3) is 0 Å². The predicted molar refractivity (Wildman–Crippen MR) is 102 cm³/mol. The van der Waals surface area contributed by atoms with Crippen molar-refractivity contribution in [2.45, 2.75) is 13.8 Å². The molecule has 1 fully saturated rings. The number of nitrogens with zero attached hydrogens (tertiary/aromatic N) is 5. The number of rotatable bonds is 3. The summed E-state index contributed by atoms with van der Waals surface area (Å²) < 4.78 is 0. The van der Waals surface area contributed by atoms with Gasteiger partial charge in [0, 0.05) is 50.0 Å². The molecule has 5 N–H and O–H groups in total. The molecule has 0 radical (unpaired) electrons. The molecular formula is C17H24N8O. The minimum absolute atomic E-state index is 0.0338. The molecule has 0 bridgehead atoms. The predicted octanol–water partition coefficient (Wildman–Crippen LogP) is 0.863. The van der Waals surface area contributed by atoms with Crippen LogP contribution in [0.5, 0.6) is 0 Å². The summed E-state index contributed by atoms with van der Waals surface area (Å²) >= 11 is 0. The van der Waals surface area contributed by atoms with Gasteiger partial charge >= 0.3 is 6.03 Å². The van der Waals surface area contributed by atoms with E-state index >= 15 is 0 Å². The van der Waals surface area contributed by atoms with Crippen LogP contribution in [0.25, 0.3) is 11.1 Å². The molecule has 0 aromatic carbocycles. The molecule has 0 atom stereocenters. The van der Waals surface area contributed by atoms with E-state index in [2.05, 4.69) is 25.2 Å². The fraction of sp³-hybridized carbons (Fsp3) is 0.412. The minimum atomic E-state index is -0.0338. The van der Waals surface area contributed by atoms with Crippen molar-refractivity contribution in [3.8, 4) is 11.1 Å². The van der Waals surface area contributed by atoms with Crippen LogP contribution in [0.4, 0.5) is 22.4 Å². The van der Waals surface area contributed by atoms with E-state index in [1.54, 1.807) is 12.3 Å². The van der Waals surface area contributed by atoms with Crippen molar-refractivity contribution in [1.82, 2.24) is 25.2 Å². The Hall–Kier alpha value is -3.10. The molecule has 9 heteroatoms. The summed E-state index contributed by atoms with van der Waals surface area (Å²) in [4.78, 5) is 28.9. The highest BCUT2D eigenvalue weighted by Gasteiger charge is 2.25. The summed E-state index contributed by atoms with van der Waals surface area (Å²) in [6.45, 7) is 7.01. The second-order valence-electron chi connectivity index (χ2n) is 6.15. The number of amides is 2. The summed E-state index contributed by atoms with van der Waals surface area (Å²) in [6, 6.07) is 3.62. The number of nitrogens with two attached hydrogens (primary N) is 2. The number of nitrogens with one attached hydrogen (secondary N) is 1. The molecule has 1 saturated heterocycles. The van der Waals surface area contributed by atoms with Crippen LogP contribution < -0.4 is 21.7 Å². The monoisotopic (exact) mass is 356 g/mol. The Kier molecular flexibility index (Phi) is 5.06. The zero-order chi connectivity index (χ0) is 18.7. The van der Waals surface area contributed by atoms with Crippen molar-refractivity contribution >= 4 is 23.6 Å². The molecule has 0 aliphatic carbocycles. The maximum absolute atomic E-state index is 12.0. The number of hydrogen-bond acceptors (Lipinski definition) is 7. The second kappa shape index (κ2) is 7.42. The van der Waals surface area contributed by atoms with Gasteiger partial charge in [-0.1, -0.05) is 0 Å². The smallest absolute Gasteiger partial charge is 0.317 e. The molecule has 0 unspecified atom stereocenters. The third-order valence-electron chi connectivity index (χ3n) is 4.36. The Morgan fingerprint density at radius 2 is 1.92 bits per heavy atom. The molecule has 2 aromatic heterocycles. The third-order valence-corrected chi connectivity index (χ3v) is 4.36. The highest BCUT2D eigenvalue weighted by atomic mass is 16.2. The van der Waals surface area contributed by atoms with E-state index in [1.807, 2.05) is 24.8 Å². The topological polar surface area (TPSA) is 126 Å². The van der Waals surface area contributed by atoms with Crippen LogP contribution in [0.3, 0.4) is 0 Å². The average Bonchev–Trinajstić information content (AvgIpc) is 2.62. The number of carbonyl (C=O) groups excluding carboxylic acids is 1. The van der Waals surface area contributed by atoms with E-state index in [1.165, 1.54) is 0 Å². The first-order valence-corrected chi connectivity index (χ1v) is 8.63. The van der Waals surface area contributed by atoms with E-state index in [0.29, 0.717) is 38.5 Å². The van der Waals surface area contributed by atoms with Gasteiger partial charge in [-0.2, -0.15) is 4.98 Å². The Bertz CT molecular complexity index is 784. The van der Waals surface area contributed by atoms with Gasteiger partial charge in [0.15, 0.2) is 0 Å². The van der Waals surface area contributed by atoms with Gasteiger partial charge in [-0.3, -0.25) is 0 Å². The number of anilines is 3. The van der Waals surface area contributed by atoms with Crippen molar-refractivity contribution in [3.05, 3.63) is 24.0 Å². The number of urea groups is 1. The lowest BCUT2D eigenvalue weighted by molar-refractivity contribution is 0.195. The number of pyridine rings is 1. The van der Waals surface area contributed by atoms with E-state index in [4.69, 9.17) is 11.5 Å². The van der Waals surface area contributed by atoms with Crippen molar-refractivity contribution in [2.24, 2.45) is 0 Å². The van der Waals surface area contributed by atoms with Crippen LogP contribution in [-0.4, -0.2) is 58.6 Å². The van der Waals surface area contributed by atoms with Gasteiger partial charge in [0.1, 0.15) is 11.6 Å². The Labute approximate surface area is 152 Å². The molecular weight excluding hydrogens is 332 g/mol. The summed E-state index contributed by atoms with van der Waals surface area (Å²) in [5, 5.41) is 2.83. The van der Waals surface area contributed by atoms with Crippen LogP contribution in [0.2, 0.25) is 0 Å². The maximum Gasteiger partial charge on any atom is 0.317 e. The van der Waals surface area contributed by atoms with Crippen molar-refractivity contribution < 1.29 is 4.79 Å². The number of aromatic nitrogens is 3. The Morgan fingerprint density at radius 1 is 1.19 bits per heavy atom. The number of piperazine rings is 1. The van der Waals surface area contributed by atoms with Gasteiger partial charge in [-0.25, -0.2) is 14.8 Å². The first-order chi connectivity index (χ1) is 12.5. The second-order valence-corrected chi connectivity index (χ2v) is 6.15. The Balaban J connectivity index is 1.88. The largest absolute Gasteiger partial charge is 0.384 e. The van der Waals surface area contributed by atoms with Crippen molar-refractivity contribution in [2.75, 3.05) is 49.1 Å². The molecule has 3 heterocycles. The number of hydrogen-bond donors (Lipinski definition) is 3. The minimum Gasteiger partial charge on any atom is -0.384 e. The van der Waals surface area contributed by atoms with Crippen LogP contribution in [-0.2, 0) is 0 Å². The Morgan fingerprint density at radius 3 is 2.54 bits per heavy atom. The average molecular weight is 356 g/mol. The van der Waals surface area contributed by atoms with Gasteiger partial charge < -0.3 is 26.6 Å². The fourth-order valence-corrected chi connectivity index (χ4v) is 3.08. The molecule has 9 nitrogen and oxygen atoms in total. The standard InChI is InChI=1S/C17H24N8O/c1-3-20-17(26)25-8-6-24(7-9-25)15-14(11(2)22-16(19)23-15)12-4-5-13(18)21-10-12/h4-5,10H,3,6-9H2,1-2H3,(H2,18,21)(H,20,26)(H2,19,22,23). The van der Waals surface area contributed by atoms with Gasteiger partial charge in [0.2, 0.25) is 5.95 Å².